The summed E-state index contributed by atoms with van der Waals surface area (Å²) < 4.78 is 70.5. The van der Waals surface area contributed by atoms with Crippen molar-refractivity contribution in [2.24, 2.45) is 0 Å². The molecule has 0 aliphatic carbocycles. The largest absolute Gasteiger partial charge is 0.573 e. The maximum atomic E-state index is 14.5. The van der Waals surface area contributed by atoms with E-state index in [9.17, 15) is 26.7 Å². The van der Waals surface area contributed by atoms with Crippen molar-refractivity contribution < 1.29 is 26.7 Å². The number of halogens is 5. The van der Waals surface area contributed by atoms with Crippen LogP contribution < -0.4 is 15.5 Å². The molecule has 0 fully saturated rings. The van der Waals surface area contributed by atoms with Crippen molar-refractivity contribution in [2.75, 3.05) is 0 Å². The summed E-state index contributed by atoms with van der Waals surface area (Å²) in [5.41, 5.74) is 0.919. The molecule has 2 N–H and O–H groups in total. The SMILES string of the molecule is Cc1c(-c2nc3n(n2)CC(c2ccc(OC(F)(F)F)cc2F)NC3)[nH]c2ccc(F)cc2c1=O. The molecule has 0 saturated heterocycles. The normalized spacial score (nSPS) is 16.0. The number of pyridine rings is 1. The molecular weight excluding hydrogens is 461 g/mol. The van der Waals surface area contributed by atoms with Crippen molar-refractivity contribution in [1.82, 2.24) is 25.1 Å². The predicted octanol–water partition coefficient (Wildman–Crippen LogP) is 4.12. The van der Waals surface area contributed by atoms with Crippen LogP contribution in [0.4, 0.5) is 22.0 Å². The Morgan fingerprint density at radius 3 is 2.68 bits per heavy atom. The number of rotatable bonds is 3. The monoisotopic (exact) mass is 477 g/mol. The van der Waals surface area contributed by atoms with E-state index in [-0.39, 0.29) is 35.3 Å². The first-order valence-electron chi connectivity index (χ1n) is 10.1. The number of nitrogens with zero attached hydrogens (tertiary/aromatic N) is 3. The molecule has 1 aliphatic rings. The minimum Gasteiger partial charge on any atom is -0.406 e. The van der Waals surface area contributed by atoms with E-state index in [0.717, 1.165) is 12.1 Å². The molecule has 5 rings (SSSR count). The van der Waals surface area contributed by atoms with Crippen LogP contribution in [-0.4, -0.2) is 26.1 Å². The lowest BCUT2D eigenvalue weighted by Gasteiger charge is -2.25. The molecule has 12 heteroatoms. The molecule has 7 nitrogen and oxygen atoms in total. The molecule has 4 aromatic rings. The van der Waals surface area contributed by atoms with Gasteiger partial charge >= 0.3 is 6.36 Å². The number of hydrogen-bond donors (Lipinski definition) is 2. The van der Waals surface area contributed by atoms with Crippen LogP contribution in [0.25, 0.3) is 22.4 Å². The van der Waals surface area contributed by atoms with Gasteiger partial charge in [-0.3, -0.25) is 4.79 Å². The lowest BCUT2D eigenvalue weighted by molar-refractivity contribution is -0.274. The Morgan fingerprint density at radius 1 is 1.15 bits per heavy atom. The van der Waals surface area contributed by atoms with Gasteiger partial charge in [-0.2, -0.15) is 0 Å². The van der Waals surface area contributed by atoms with Gasteiger partial charge in [0.15, 0.2) is 11.3 Å². The number of fused-ring (bicyclic) bond motifs is 2. The number of nitrogens with one attached hydrogen (secondary N) is 2. The van der Waals surface area contributed by atoms with Crippen LogP contribution in [0.15, 0.2) is 41.2 Å². The van der Waals surface area contributed by atoms with E-state index in [2.05, 4.69) is 25.1 Å². The molecule has 1 unspecified atom stereocenters. The molecule has 2 aromatic heterocycles. The van der Waals surface area contributed by atoms with Gasteiger partial charge in [-0.1, -0.05) is 6.07 Å². The molecule has 1 atom stereocenters. The molecule has 3 heterocycles. The topological polar surface area (TPSA) is 84.8 Å². The fraction of sp³-hybridized carbons (Fsp3) is 0.227. The smallest absolute Gasteiger partial charge is 0.406 e. The highest BCUT2D eigenvalue weighted by atomic mass is 19.4. The summed E-state index contributed by atoms with van der Waals surface area (Å²) in [5.74, 6) is -1.26. The van der Waals surface area contributed by atoms with Crippen molar-refractivity contribution >= 4 is 10.9 Å². The number of ether oxygens (including phenoxy) is 1. The quantitative estimate of drug-likeness (QED) is 0.434. The zero-order valence-corrected chi connectivity index (χ0v) is 17.5. The average Bonchev–Trinajstić information content (AvgIpc) is 3.18. The van der Waals surface area contributed by atoms with Gasteiger partial charge in [0.2, 0.25) is 0 Å². The number of alkyl halides is 3. The van der Waals surface area contributed by atoms with Crippen LogP contribution in [0.1, 0.15) is 23.0 Å². The number of benzene rings is 2. The first kappa shape index (κ1) is 22.0. The van der Waals surface area contributed by atoms with E-state index in [0.29, 0.717) is 28.7 Å². The fourth-order valence-corrected chi connectivity index (χ4v) is 3.99. The van der Waals surface area contributed by atoms with Gasteiger partial charge in [-0.05, 0) is 31.2 Å². The molecule has 0 spiro atoms. The first-order chi connectivity index (χ1) is 16.1. The molecule has 34 heavy (non-hydrogen) atoms. The van der Waals surface area contributed by atoms with Crippen molar-refractivity contribution in [3.8, 4) is 17.3 Å². The molecular formula is C22H16F5N5O2. The second kappa shape index (κ2) is 7.90. The summed E-state index contributed by atoms with van der Waals surface area (Å²) in [5, 5.41) is 7.74. The molecule has 176 valence electrons. The van der Waals surface area contributed by atoms with Crippen LogP contribution in [-0.2, 0) is 13.1 Å². The third-order valence-electron chi connectivity index (χ3n) is 5.62. The Kier molecular flexibility index (Phi) is 5.12. The molecule has 0 bridgehead atoms. The minimum absolute atomic E-state index is 0.148. The summed E-state index contributed by atoms with van der Waals surface area (Å²) in [4.78, 5) is 20.3. The Morgan fingerprint density at radius 2 is 1.94 bits per heavy atom. The highest BCUT2D eigenvalue weighted by Crippen LogP contribution is 2.29. The van der Waals surface area contributed by atoms with Crippen LogP contribution in [0.5, 0.6) is 5.75 Å². The minimum atomic E-state index is -4.92. The van der Waals surface area contributed by atoms with Gasteiger partial charge in [0.1, 0.15) is 23.2 Å². The molecule has 0 amide bonds. The Bertz CT molecular complexity index is 1480. The van der Waals surface area contributed by atoms with Gasteiger partial charge in [-0.25, -0.2) is 18.4 Å². The van der Waals surface area contributed by atoms with E-state index in [1.807, 2.05) is 0 Å². The number of aromatic amines is 1. The zero-order valence-electron chi connectivity index (χ0n) is 17.5. The summed E-state index contributed by atoms with van der Waals surface area (Å²) >= 11 is 0. The fourth-order valence-electron chi connectivity index (χ4n) is 3.99. The van der Waals surface area contributed by atoms with Crippen molar-refractivity contribution in [1.29, 1.82) is 0 Å². The summed E-state index contributed by atoms with van der Waals surface area (Å²) in [7, 11) is 0. The second-order valence-corrected chi connectivity index (χ2v) is 7.84. The average molecular weight is 477 g/mol. The highest BCUT2D eigenvalue weighted by Gasteiger charge is 2.32. The lowest BCUT2D eigenvalue weighted by Crippen LogP contribution is -2.33. The lowest BCUT2D eigenvalue weighted by atomic mass is 10.0. The van der Waals surface area contributed by atoms with Gasteiger partial charge in [0.05, 0.1) is 30.3 Å². The van der Waals surface area contributed by atoms with Gasteiger partial charge < -0.3 is 15.0 Å². The number of H-pyrrole nitrogens is 1. The van der Waals surface area contributed by atoms with E-state index in [1.54, 1.807) is 11.6 Å². The molecule has 1 aliphatic heterocycles. The Labute approximate surface area is 188 Å². The summed E-state index contributed by atoms with van der Waals surface area (Å²) in [6.45, 7) is 1.94. The molecule has 2 aromatic carbocycles. The third-order valence-corrected chi connectivity index (χ3v) is 5.62. The van der Waals surface area contributed by atoms with Crippen molar-refractivity contribution in [3.05, 3.63) is 75.2 Å². The molecule has 0 radical (unpaired) electrons. The summed E-state index contributed by atoms with van der Waals surface area (Å²) in [6.07, 6.45) is -4.92. The number of aromatic nitrogens is 4. The number of hydrogen-bond acceptors (Lipinski definition) is 5. The van der Waals surface area contributed by atoms with Crippen molar-refractivity contribution in [2.45, 2.75) is 32.4 Å². The Balaban J connectivity index is 1.45. The van der Waals surface area contributed by atoms with Gasteiger partial charge in [0.25, 0.3) is 0 Å². The zero-order chi connectivity index (χ0) is 24.2. The maximum Gasteiger partial charge on any atom is 0.573 e. The van der Waals surface area contributed by atoms with E-state index in [4.69, 9.17) is 0 Å². The second-order valence-electron chi connectivity index (χ2n) is 7.84. The van der Waals surface area contributed by atoms with Crippen LogP contribution in [0.2, 0.25) is 0 Å². The van der Waals surface area contributed by atoms with E-state index >= 15 is 0 Å². The third kappa shape index (κ3) is 4.00. The summed E-state index contributed by atoms with van der Waals surface area (Å²) in [6, 6.07) is 6.21. The van der Waals surface area contributed by atoms with E-state index in [1.165, 1.54) is 18.2 Å². The van der Waals surface area contributed by atoms with Crippen LogP contribution in [0, 0.1) is 18.6 Å². The first-order valence-corrected chi connectivity index (χ1v) is 10.1. The Hall–Kier alpha value is -3.80. The van der Waals surface area contributed by atoms with Crippen LogP contribution >= 0.6 is 0 Å². The van der Waals surface area contributed by atoms with Crippen LogP contribution in [0.3, 0.4) is 0 Å². The highest BCUT2D eigenvalue weighted by molar-refractivity contribution is 5.82. The maximum absolute atomic E-state index is 14.5. The van der Waals surface area contributed by atoms with Gasteiger partial charge in [0, 0.05) is 22.6 Å². The van der Waals surface area contributed by atoms with E-state index < -0.39 is 29.8 Å². The standard InChI is InChI=1S/C22H16F5N5O2/c1-10-19(29-16-5-2-11(23)6-14(16)20(10)33)21-30-18-8-28-17(9-32(18)31-21)13-4-3-12(7-15(13)24)34-22(25,26)27/h2-7,17,28H,8-9H2,1H3,(H,29,33). The van der Waals surface area contributed by atoms with Gasteiger partial charge in [-0.15, -0.1) is 18.3 Å². The molecule has 0 saturated carbocycles. The predicted molar refractivity (Wildman–Crippen MR) is 111 cm³/mol. The van der Waals surface area contributed by atoms with Crippen molar-refractivity contribution in [3.63, 3.8) is 0 Å².